The summed E-state index contributed by atoms with van der Waals surface area (Å²) in [6.07, 6.45) is 3.56. The molecule has 0 atom stereocenters. The predicted molar refractivity (Wildman–Crippen MR) is 90.9 cm³/mol. The van der Waals surface area contributed by atoms with Crippen molar-refractivity contribution in [3.63, 3.8) is 0 Å². The van der Waals surface area contributed by atoms with Crippen LogP contribution in [0.4, 0.5) is 4.39 Å². The molecule has 2 aromatic carbocycles. The highest BCUT2D eigenvalue weighted by Crippen LogP contribution is 2.23. The molecule has 0 N–H and O–H groups in total. The van der Waals surface area contributed by atoms with Crippen LogP contribution in [0.1, 0.15) is 5.56 Å². The molecular weight excluding hydrogens is 402 g/mol. The maximum atomic E-state index is 14.0. The lowest BCUT2D eigenvalue weighted by Gasteiger charge is -2.09. The molecule has 0 bridgehead atoms. The van der Waals surface area contributed by atoms with E-state index < -0.39 is 0 Å². The molecule has 0 saturated carbocycles. The van der Waals surface area contributed by atoms with E-state index in [1.54, 1.807) is 24.4 Å². The Kier molecular flexibility index (Phi) is 4.26. The Morgan fingerprint density at radius 2 is 1.90 bits per heavy atom. The van der Waals surface area contributed by atoms with Gasteiger partial charge in [0.05, 0.1) is 11.6 Å². The van der Waals surface area contributed by atoms with Gasteiger partial charge >= 0.3 is 0 Å². The number of benzene rings is 2. The van der Waals surface area contributed by atoms with Crippen LogP contribution in [-0.2, 0) is 6.54 Å². The molecule has 1 aromatic heterocycles. The maximum absolute atomic E-state index is 14.0. The Hall–Kier alpha value is -1.40. The Bertz CT molecular complexity index is 768. The van der Waals surface area contributed by atoms with Gasteiger partial charge in [0.15, 0.2) is 0 Å². The Labute approximate surface area is 140 Å². The topological polar surface area (TPSA) is 17.8 Å². The van der Waals surface area contributed by atoms with Crippen molar-refractivity contribution in [2.75, 3.05) is 0 Å². The SMILES string of the molecule is Fc1c(Cl)cccc1Cn1ccnc1-c1ccc(I)cc1. The minimum absolute atomic E-state index is 0.142. The van der Waals surface area contributed by atoms with Crippen LogP contribution in [0.3, 0.4) is 0 Å². The van der Waals surface area contributed by atoms with Crippen LogP contribution in [0.25, 0.3) is 11.4 Å². The summed E-state index contributed by atoms with van der Waals surface area (Å²) in [5.74, 6) is 0.437. The van der Waals surface area contributed by atoms with Crippen LogP contribution in [0.5, 0.6) is 0 Å². The summed E-state index contributed by atoms with van der Waals surface area (Å²) in [5, 5.41) is 0.142. The van der Waals surface area contributed by atoms with E-state index in [0.29, 0.717) is 12.1 Å². The predicted octanol–water partition coefficient (Wildman–Crippen LogP) is 5.00. The third kappa shape index (κ3) is 3.11. The highest BCUT2D eigenvalue weighted by atomic mass is 127. The standard InChI is InChI=1S/C16H11ClFIN2/c17-14-3-1-2-12(15(14)18)10-21-9-8-20-16(21)11-4-6-13(19)7-5-11/h1-9H,10H2. The largest absolute Gasteiger partial charge is 0.326 e. The molecule has 0 aliphatic carbocycles. The minimum Gasteiger partial charge on any atom is -0.326 e. The van der Waals surface area contributed by atoms with Gasteiger partial charge in [-0.2, -0.15) is 0 Å². The molecule has 5 heteroatoms. The fourth-order valence-corrected chi connectivity index (χ4v) is 2.70. The van der Waals surface area contributed by atoms with Crippen LogP contribution < -0.4 is 0 Å². The molecule has 2 nitrogen and oxygen atoms in total. The Morgan fingerprint density at radius 1 is 1.14 bits per heavy atom. The van der Waals surface area contributed by atoms with Crippen molar-refractivity contribution >= 4 is 34.2 Å². The zero-order valence-electron chi connectivity index (χ0n) is 10.9. The van der Waals surface area contributed by atoms with Crippen molar-refractivity contribution in [2.45, 2.75) is 6.54 Å². The van der Waals surface area contributed by atoms with Gasteiger partial charge in [0.1, 0.15) is 11.6 Å². The molecule has 0 unspecified atom stereocenters. The van der Waals surface area contributed by atoms with E-state index in [9.17, 15) is 4.39 Å². The molecule has 0 fully saturated rings. The fourth-order valence-electron chi connectivity index (χ4n) is 2.15. The van der Waals surface area contributed by atoms with E-state index in [1.165, 1.54) is 0 Å². The summed E-state index contributed by atoms with van der Waals surface area (Å²) < 4.78 is 17.1. The Morgan fingerprint density at radius 3 is 2.67 bits per heavy atom. The van der Waals surface area contributed by atoms with Crippen LogP contribution in [0, 0.1) is 9.39 Å². The average molecular weight is 413 g/mol. The molecule has 21 heavy (non-hydrogen) atoms. The number of aromatic nitrogens is 2. The third-order valence-corrected chi connectivity index (χ3v) is 4.20. The zero-order valence-corrected chi connectivity index (χ0v) is 13.8. The van der Waals surface area contributed by atoms with Crippen molar-refractivity contribution in [3.8, 4) is 11.4 Å². The number of imidazole rings is 1. The van der Waals surface area contributed by atoms with E-state index in [4.69, 9.17) is 11.6 Å². The van der Waals surface area contributed by atoms with E-state index in [2.05, 4.69) is 27.6 Å². The molecule has 0 saturated heterocycles. The van der Waals surface area contributed by atoms with Crippen LogP contribution >= 0.6 is 34.2 Å². The minimum atomic E-state index is -0.374. The second kappa shape index (κ2) is 6.15. The molecule has 0 aliphatic heterocycles. The van der Waals surface area contributed by atoms with Crippen molar-refractivity contribution in [3.05, 3.63) is 74.8 Å². The number of halogens is 3. The first-order chi connectivity index (χ1) is 10.1. The van der Waals surface area contributed by atoms with Gasteiger partial charge in [-0.15, -0.1) is 0 Å². The lowest BCUT2D eigenvalue weighted by Crippen LogP contribution is -2.03. The van der Waals surface area contributed by atoms with Gasteiger partial charge in [0, 0.05) is 27.1 Å². The van der Waals surface area contributed by atoms with E-state index in [1.807, 2.05) is 35.0 Å². The fraction of sp³-hybridized carbons (Fsp3) is 0.0625. The van der Waals surface area contributed by atoms with Gasteiger partial charge in [-0.25, -0.2) is 9.37 Å². The van der Waals surface area contributed by atoms with Gasteiger partial charge in [-0.05, 0) is 40.8 Å². The number of rotatable bonds is 3. The lowest BCUT2D eigenvalue weighted by atomic mass is 10.2. The first-order valence-electron chi connectivity index (χ1n) is 6.35. The molecule has 0 aliphatic rings. The van der Waals surface area contributed by atoms with Crippen molar-refractivity contribution in [1.82, 2.24) is 9.55 Å². The van der Waals surface area contributed by atoms with Gasteiger partial charge in [-0.3, -0.25) is 0 Å². The van der Waals surface area contributed by atoms with Crippen molar-refractivity contribution in [1.29, 1.82) is 0 Å². The molecule has 0 radical (unpaired) electrons. The quantitative estimate of drug-likeness (QED) is 0.554. The smallest absolute Gasteiger partial charge is 0.146 e. The molecular formula is C16H11ClFIN2. The van der Waals surface area contributed by atoms with Gasteiger partial charge in [0.25, 0.3) is 0 Å². The second-order valence-electron chi connectivity index (χ2n) is 4.60. The van der Waals surface area contributed by atoms with Crippen LogP contribution in [-0.4, -0.2) is 9.55 Å². The summed E-state index contributed by atoms with van der Waals surface area (Å²) in [5.41, 5.74) is 1.55. The summed E-state index contributed by atoms with van der Waals surface area (Å²) in [6, 6.07) is 13.1. The highest BCUT2D eigenvalue weighted by molar-refractivity contribution is 14.1. The Balaban J connectivity index is 1.96. The van der Waals surface area contributed by atoms with Crippen molar-refractivity contribution in [2.24, 2.45) is 0 Å². The first-order valence-corrected chi connectivity index (χ1v) is 7.81. The number of nitrogens with zero attached hydrogens (tertiary/aromatic N) is 2. The normalized spacial score (nSPS) is 10.8. The highest BCUT2D eigenvalue weighted by Gasteiger charge is 2.10. The van der Waals surface area contributed by atoms with Crippen LogP contribution in [0.2, 0.25) is 5.02 Å². The van der Waals surface area contributed by atoms with Gasteiger partial charge in [-0.1, -0.05) is 35.9 Å². The molecule has 1 heterocycles. The average Bonchev–Trinajstić information content (AvgIpc) is 2.93. The van der Waals surface area contributed by atoms with E-state index in [-0.39, 0.29) is 10.8 Å². The number of hydrogen-bond acceptors (Lipinski definition) is 1. The molecule has 3 aromatic rings. The van der Waals surface area contributed by atoms with E-state index >= 15 is 0 Å². The van der Waals surface area contributed by atoms with Gasteiger partial charge in [0.2, 0.25) is 0 Å². The summed E-state index contributed by atoms with van der Waals surface area (Å²) in [4.78, 5) is 4.37. The molecule has 3 rings (SSSR count). The molecule has 0 spiro atoms. The summed E-state index contributed by atoms with van der Waals surface area (Å²) >= 11 is 8.09. The maximum Gasteiger partial charge on any atom is 0.146 e. The monoisotopic (exact) mass is 412 g/mol. The molecule has 0 amide bonds. The summed E-state index contributed by atoms with van der Waals surface area (Å²) in [7, 11) is 0. The second-order valence-corrected chi connectivity index (χ2v) is 6.25. The number of hydrogen-bond donors (Lipinski definition) is 0. The zero-order chi connectivity index (χ0) is 14.8. The lowest BCUT2D eigenvalue weighted by molar-refractivity contribution is 0.600. The molecule has 106 valence electrons. The van der Waals surface area contributed by atoms with E-state index in [0.717, 1.165) is 15.0 Å². The first kappa shape index (κ1) is 14.5. The summed E-state index contributed by atoms with van der Waals surface area (Å²) in [6.45, 7) is 0.397. The van der Waals surface area contributed by atoms with Gasteiger partial charge < -0.3 is 4.57 Å². The third-order valence-electron chi connectivity index (χ3n) is 3.19. The van der Waals surface area contributed by atoms with Crippen LogP contribution in [0.15, 0.2) is 54.9 Å². The van der Waals surface area contributed by atoms with Crippen molar-refractivity contribution < 1.29 is 4.39 Å².